The van der Waals surface area contributed by atoms with Crippen LogP contribution in [0.2, 0.25) is 0 Å². The van der Waals surface area contributed by atoms with Gasteiger partial charge in [-0.15, -0.1) is 6.42 Å². The predicted molar refractivity (Wildman–Crippen MR) is 102 cm³/mol. The van der Waals surface area contributed by atoms with Crippen molar-refractivity contribution in [1.82, 2.24) is 4.57 Å². The van der Waals surface area contributed by atoms with Crippen molar-refractivity contribution in [2.45, 2.75) is 13.5 Å². The zero-order valence-corrected chi connectivity index (χ0v) is 15.8. The Balaban J connectivity index is 1.83. The number of thiazole rings is 1. The van der Waals surface area contributed by atoms with Crippen molar-refractivity contribution in [2.24, 2.45) is 4.99 Å². The summed E-state index contributed by atoms with van der Waals surface area (Å²) < 4.78 is 40.0. The Bertz CT molecular complexity index is 1110. The molecule has 0 radical (unpaired) electrons. The molecule has 0 saturated carbocycles. The highest BCUT2D eigenvalue weighted by Gasteiger charge is 2.13. The molecule has 1 amide bonds. The Morgan fingerprint density at radius 1 is 1.21 bits per heavy atom. The number of nitrogens with zero attached hydrogens (tertiary/aromatic N) is 2. The first-order valence-electron chi connectivity index (χ1n) is 8.37. The largest absolute Gasteiger partial charge is 0.494 e. The van der Waals surface area contributed by atoms with Gasteiger partial charge in [-0.3, -0.25) is 4.79 Å². The molecule has 144 valence electrons. The van der Waals surface area contributed by atoms with Crippen molar-refractivity contribution in [2.75, 3.05) is 13.2 Å². The molecular formula is C20H16F2N2O3S. The molecule has 0 aliphatic carbocycles. The molecule has 0 spiro atoms. The molecule has 1 heterocycles. The van der Waals surface area contributed by atoms with E-state index in [2.05, 4.69) is 10.9 Å². The van der Waals surface area contributed by atoms with E-state index < -0.39 is 17.5 Å². The highest BCUT2D eigenvalue weighted by molar-refractivity contribution is 7.16. The van der Waals surface area contributed by atoms with Crippen LogP contribution >= 0.6 is 11.3 Å². The normalized spacial score (nSPS) is 11.4. The van der Waals surface area contributed by atoms with E-state index in [0.29, 0.717) is 22.8 Å². The van der Waals surface area contributed by atoms with E-state index in [1.54, 1.807) is 24.3 Å². The lowest BCUT2D eigenvalue weighted by Gasteiger charge is -2.06. The zero-order valence-electron chi connectivity index (χ0n) is 14.9. The average molecular weight is 402 g/mol. The Kier molecular flexibility index (Phi) is 6.06. The molecule has 3 aromatic rings. The molecule has 0 atom stereocenters. The van der Waals surface area contributed by atoms with Crippen LogP contribution in [0.1, 0.15) is 6.92 Å². The van der Waals surface area contributed by atoms with Crippen molar-refractivity contribution >= 4 is 27.5 Å². The Labute approximate surface area is 163 Å². The molecule has 2 aromatic carbocycles. The third-order valence-corrected chi connectivity index (χ3v) is 4.69. The molecule has 1 aromatic heterocycles. The van der Waals surface area contributed by atoms with Gasteiger partial charge in [0.25, 0.3) is 5.91 Å². The second-order valence-electron chi connectivity index (χ2n) is 5.61. The number of carbonyl (C=O) groups is 1. The SMILES string of the molecule is C#CCn1c(=NC(=O)COc2ccc(OCC)cc2)sc2cc(F)cc(F)c21. The van der Waals surface area contributed by atoms with Crippen LogP contribution in [-0.2, 0) is 11.3 Å². The van der Waals surface area contributed by atoms with Gasteiger partial charge >= 0.3 is 0 Å². The number of hydrogen-bond acceptors (Lipinski definition) is 4. The molecule has 28 heavy (non-hydrogen) atoms. The van der Waals surface area contributed by atoms with Crippen molar-refractivity contribution in [3.05, 3.63) is 52.8 Å². The third kappa shape index (κ3) is 4.38. The lowest BCUT2D eigenvalue weighted by Crippen LogP contribution is -2.19. The van der Waals surface area contributed by atoms with Crippen LogP contribution in [0.5, 0.6) is 11.5 Å². The molecule has 0 saturated heterocycles. The van der Waals surface area contributed by atoms with Gasteiger partial charge in [-0.25, -0.2) is 8.78 Å². The summed E-state index contributed by atoms with van der Waals surface area (Å²) in [6, 6.07) is 8.75. The maximum absolute atomic E-state index is 14.2. The van der Waals surface area contributed by atoms with Gasteiger partial charge in [0.2, 0.25) is 0 Å². The van der Waals surface area contributed by atoms with Crippen LogP contribution in [0.4, 0.5) is 8.78 Å². The number of hydrogen-bond donors (Lipinski definition) is 0. The van der Waals surface area contributed by atoms with Gasteiger partial charge in [0, 0.05) is 6.07 Å². The summed E-state index contributed by atoms with van der Waals surface area (Å²) in [6.07, 6.45) is 5.33. The number of rotatable bonds is 6. The van der Waals surface area contributed by atoms with Crippen molar-refractivity contribution in [3.8, 4) is 23.8 Å². The predicted octanol–water partition coefficient (Wildman–Crippen LogP) is 3.52. The van der Waals surface area contributed by atoms with Crippen LogP contribution in [-0.4, -0.2) is 23.7 Å². The lowest BCUT2D eigenvalue weighted by atomic mass is 10.3. The van der Waals surface area contributed by atoms with Crippen LogP contribution in [0, 0.1) is 24.0 Å². The first-order chi connectivity index (χ1) is 13.5. The number of halogens is 2. The summed E-state index contributed by atoms with van der Waals surface area (Å²) in [7, 11) is 0. The van der Waals surface area contributed by atoms with Gasteiger partial charge in [-0.2, -0.15) is 4.99 Å². The van der Waals surface area contributed by atoms with Crippen LogP contribution in [0.15, 0.2) is 41.4 Å². The molecule has 0 unspecified atom stereocenters. The van der Waals surface area contributed by atoms with E-state index in [1.165, 1.54) is 10.6 Å². The van der Waals surface area contributed by atoms with Crippen molar-refractivity contribution in [3.63, 3.8) is 0 Å². The second-order valence-corrected chi connectivity index (χ2v) is 6.62. The Hall–Kier alpha value is -3.18. The number of terminal acetylenes is 1. The summed E-state index contributed by atoms with van der Waals surface area (Å²) in [4.78, 5) is 16.3. The lowest BCUT2D eigenvalue weighted by molar-refractivity contribution is -0.120. The van der Waals surface area contributed by atoms with Crippen molar-refractivity contribution in [1.29, 1.82) is 0 Å². The highest BCUT2D eigenvalue weighted by Crippen LogP contribution is 2.22. The number of amides is 1. The third-order valence-electron chi connectivity index (χ3n) is 3.66. The fraction of sp³-hybridized carbons (Fsp3) is 0.200. The van der Waals surface area contributed by atoms with E-state index in [4.69, 9.17) is 15.9 Å². The highest BCUT2D eigenvalue weighted by atomic mass is 32.1. The zero-order chi connectivity index (χ0) is 20.1. The van der Waals surface area contributed by atoms with E-state index in [0.717, 1.165) is 17.4 Å². The van der Waals surface area contributed by atoms with E-state index >= 15 is 0 Å². The molecule has 0 fully saturated rings. The molecular weight excluding hydrogens is 386 g/mol. The summed E-state index contributed by atoms with van der Waals surface area (Å²) in [6.45, 7) is 2.11. The maximum atomic E-state index is 14.2. The van der Waals surface area contributed by atoms with Crippen LogP contribution in [0.25, 0.3) is 10.2 Å². The first kappa shape index (κ1) is 19.6. The number of benzene rings is 2. The van der Waals surface area contributed by atoms with Gasteiger partial charge < -0.3 is 14.0 Å². The molecule has 0 aliphatic heterocycles. The summed E-state index contributed by atoms with van der Waals surface area (Å²) in [5.41, 5.74) is 0.114. The van der Waals surface area contributed by atoms with Crippen LogP contribution < -0.4 is 14.3 Å². The monoisotopic (exact) mass is 402 g/mol. The summed E-state index contributed by atoms with van der Waals surface area (Å²) in [5.74, 6) is 1.51. The topological polar surface area (TPSA) is 52.8 Å². The van der Waals surface area contributed by atoms with Gasteiger partial charge in [0.15, 0.2) is 17.2 Å². The first-order valence-corrected chi connectivity index (χ1v) is 9.18. The van der Waals surface area contributed by atoms with E-state index in [9.17, 15) is 13.6 Å². The smallest absolute Gasteiger partial charge is 0.286 e. The van der Waals surface area contributed by atoms with Gasteiger partial charge in [0.05, 0.1) is 23.4 Å². The van der Waals surface area contributed by atoms with Gasteiger partial charge in [-0.1, -0.05) is 17.3 Å². The standard InChI is InChI=1S/C20H16F2N2O3S/c1-3-9-24-19-16(22)10-13(21)11-17(19)28-20(24)23-18(25)12-27-15-7-5-14(6-8-15)26-4-2/h1,5-8,10-11H,4,9,12H2,2H3. The molecule has 3 rings (SSSR count). The van der Waals surface area contributed by atoms with E-state index in [-0.39, 0.29) is 23.5 Å². The minimum absolute atomic E-state index is 0.00554. The minimum atomic E-state index is -0.763. The number of ether oxygens (including phenoxy) is 2. The van der Waals surface area contributed by atoms with E-state index in [1.807, 2.05) is 6.92 Å². The van der Waals surface area contributed by atoms with Crippen molar-refractivity contribution < 1.29 is 23.0 Å². The van der Waals surface area contributed by atoms with Gasteiger partial charge in [0.1, 0.15) is 17.3 Å². The summed E-state index contributed by atoms with van der Waals surface area (Å²) >= 11 is 0.977. The fourth-order valence-electron chi connectivity index (χ4n) is 2.54. The second kappa shape index (κ2) is 8.67. The Morgan fingerprint density at radius 2 is 1.89 bits per heavy atom. The molecule has 0 aliphatic rings. The fourth-order valence-corrected chi connectivity index (χ4v) is 3.62. The number of carbonyl (C=O) groups excluding carboxylic acids is 1. The molecule has 8 heteroatoms. The average Bonchev–Trinajstić information content (AvgIpc) is 2.99. The Morgan fingerprint density at radius 3 is 2.54 bits per heavy atom. The van der Waals surface area contributed by atoms with Gasteiger partial charge in [-0.05, 0) is 37.3 Å². The molecule has 5 nitrogen and oxygen atoms in total. The molecule has 0 bridgehead atoms. The minimum Gasteiger partial charge on any atom is -0.494 e. The quantitative estimate of drug-likeness (QED) is 0.593. The molecule has 0 N–H and O–H groups in total. The number of fused-ring (bicyclic) bond motifs is 1. The summed E-state index contributed by atoms with van der Waals surface area (Å²) in [5, 5.41) is 0. The maximum Gasteiger partial charge on any atom is 0.286 e. The number of aromatic nitrogens is 1. The van der Waals surface area contributed by atoms with Crippen LogP contribution in [0.3, 0.4) is 0 Å².